The predicted octanol–water partition coefficient (Wildman–Crippen LogP) is 1.95. The van der Waals surface area contributed by atoms with E-state index in [0.29, 0.717) is 19.0 Å². The zero-order valence-electron chi connectivity index (χ0n) is 11.3. The molecule has 1 N–H and O–H groups in total. The van der Waals surface area contributed by atoms with Gasteiger partial charge in [-0.3, -0.25) is 0 Å². The van der Waals surface area contributed by atoms with Crippen LogP contribution in [-0.4, -0.2) is 42.4 Å². The standard InChI is InChI=1S/C13H20N2O3/c1-5-15(10(3)8-18-4)12-11(13(16)17)9(2)6-7-14-12/h6-7,10H,5,8H2,1-4H3,(H,16,17). The van der Waals surface area contributed by atoms with Crippen LogP contribution in [-0.2, 0) is 4.74 Å². The maximum Gasteiger partial charge on any atom is 0.339 e. The summed E-state index contributed by atoms with van der Waals surface area (Å²) < 4.78 is 5.12. The van der Waals surface area contributed by atoms with Gasteiger partial charge >= 0.3 is 5.97 Å². The Balaban J connectivity index is 3.21. The highest BCUT2D eigenvalue weighted by molar-refractivity contribution is 5.95. The van der Waals surface area contributed by atoms with E-state index in [0.717, 1.165) is 5.56 Å². The molecule has 0 aromatic carbocycles. The number of rotatable bonds is 6. The van der Waals surface area contributed by atoms with Gasteiger partial charge < -0.3 is 14.7 Å². The molecule has 5 nitrogen and oxygen atoms in total. The van der Waals surface area contributed by atoms with Crippen molar-refractivity contribution in [3.8, 4) is 0 Å². The van der Waals surface area contributed by atoms with Crippen LogP contribution in [0.15, 0.2) is 12.3 Å². The van der Waals surface area contributed by atoms with Crippen LogP contribution in [0.1, 0.15) is 29.8 Å². The number of ether oxygens (including phenoxy) is 1. The van der Waals surface area contributed by atoms with Crippen LogP contribution < -0.4 is 4.90 Å². The van der Waals surface area contributed by atoms with E-state index in [1.165, 1.54) is 0 Å². The van der Waals surface area contributed by atoms with Gasteiger partial charge in [0.1, 0.15) is 11.4 Å². The Morgan fingerprint density at radius 3 is 2.78 bits per heavy atom. The van der Waals surface area contributed by atoms with E-state index in [9.17, 15) is 9.90 Å². The number of carbonyl (C=O) groups is 1. The number of carboxylic acid groups (broad SMARTS) is 1. The molecule has 0 aliphatic rings. The second-order valence-corrected chi connectivity index (χ2v) is 4.22. The van der Waals surface area contributed by atoms with Crippen LogP contribution in [0, 0.1) is 6.92 Å². The van der Waals surface area contributed by atoms with Crippen molar-refractivity contribution in [2.75, 3.05) is 25.2 Å². The average molecular weight is 252 g/mol. The van der Waals surface area contributed by atoms with Crippen molar-refractivity contribution >= 4 is 11.8 Å². The number of aryl methyl sites for hydroxylation is 1. The van der Waals surface area contributed by atoms with Crippen LogP contribution in [0.25, 0.3) is 0 Å². The minimum absolute atomic E-state index is 0.0763. The Morgan fingerprint density at radius 2 is 2.28 bits per heavy atom. The van der Waals surface area contributed by atoms with Gasteiger partial charge in [0.2, 0.25) is 0 Å². The zero-order valence-corrected chi connectivity index (χ0v) is 11.3. The SMILES string of the molecule is CCN(c1nccc(C)c1C(=O)O)C(C)COC. The fourth-order valence-electron chi connectivity index (χ4n) is 2.03. The first kappa shape index (κ1) is 14.4. The van der Waals surface area contributed by atoms with Crippen LogP contribution in [0.2, 0.25) is 0 Å². The van der Waals surface area contributed by atoms with Gasteiger partial charge in [0.15, 0.2) is 0 Å². The monoisotopic (exact) mass is 252 g/mol. The molecule has 1 aromatic rings. The first-order valence-corrected chi connectivity index (χ1v) is 5.97. The molecule has 5 heteroatoms. The summed E-state index contributed by atoms with van der Waals surface area (Å²) in [5.74, 6) is -0.437. The quantitative estimate of drug-likeness (QED) is 0.838. The number of aromatic carboxylic acids is 1. The summed E-state index contributed by atoms with van der Waals surface area (Å²) in [6.07, 6.45) is 1.64. The van der Waals surface area contributed by atoms with Crippen LogP contribution >= 0.6 is 0 Å². The molecule has 0 saturated carbocycles. The van der Waals surface area contributed by atoms with Gasteiger partial charge in [0, 0.05) is 19.9 Å². The fraction of sp³-hybridized carbons (Fsp3) is 0.538. The maximum absolute atomic E-state index is 11.3. The molecule has 0 amide bonds. The molecule has 1 rings (SSSR count). The smallest absolute Gasteiger partial charge is 0.339 e. The summed E-state index contributed by atoms with van der Waals surface area (Å²) in [5, 5.41) is 9.30. The molecule has 1 unspecified atom stereocenters. The Kier molecular flexibility index (Phi) is 5.09. The van der Waals surface area contributed by atoms with E-state index in [1.807, 2.05) is 18.7 Å². The van der Waals surface area contributed by atoms with Gasteiger partial charge in [-0.15, -0.1) is 0 Å². The topological polar surface area (TPSA) is 62.7 Å². The second-order valence-electron chi connectivity index (χ2n) is 4.22. The molecule has 1 heterocycles. The lowest BCUT2D eigenvalue weighted by Crippen LogP contribution is -2.38. The Hall–Kier alpha value is -1.62. The summed E-state index contributed by atoms with van der Waals surface area (Å²) >= 11 is 0. The van der Waals surface area contributed by atoms with Gasteiger partial charge in [0.05, 0.1) is 12.6 Å². The molecular weight excluding hydrogens is 232 g/mol. The number of hydrogen-bond acceptors (Lipinski definition) is 4. The molecule has 0 saturated heterocycles. The van der Waals surface area contributed by atoms with Crippen molar-refractivity contribution in [2.24, 2.45) is 0 Å². The summed E-state index contributed by atoms with van der Waals surface area (Å²) in [5.41, 5.74) is 0.984. The van der Waals surface area contributed by atoms with Gasteiger partial charge in [-0.25, -0.2) is 9.78 Å². The Bertz CT molecular complexity index is 421. The molecule has 1 atom stereocenters. The highest BCUT2D eigenvalue weighted by Gasteiger charge is 2.22. The van der Waals surface area contributed by atoms with Crippen molar-refractivity contribution in [3.05, 3.63) is 23.4 Å². The molecule has 0 aliphatic heterocycles. The minimum atomic E-state index is -0.946. The molecule has 0 spiro atoms. The van der Waals surface area contributed by atoms with E-state index < -0.39 is 5.97 Å². The normalized spacial score (nSPS) is 12.2. The first-order valence-electron chi connectivity index (χ1n) is 5.97. The van der Waals surface area contributed by atoms with E-state index >= 15 is 0 Å². The van der Waals surface area contributed by atoms with Crippen LogP contribution in [0.3, 0.4) is 0 Å². The summed E-state index contributed by atoms with van der Waals surface area (Å²) in [4.78, 5) is 17.5. The molecule has 1 aromatic heterocycles. The van der Waals surface area contributed by atoms with E-state index in [1.54, 1.807) is 26.3 Å². The lowest BCUT2D eigenvalue weighted by Gasteiger charge is -2.30. The third-order valence-electron chi connectivity index (χ3n) is 2.91. The minimum Gasteiger partial charge on any atom is -0.478 e. The fourth-order valence-corrected chi connectivity index (χ4v) is 2.03. The van der Waals surface area contributed by atoms with E-state index in [2.05, 4.69) is 4.98 Å². The van der Waals surface area contributed by atoms with Gasteiger partial charge in [-0.05, 0) is 32.4 Å². The van der Waals surface area contributed by atoms with Crippen molar-refractivity contribution in [1.82, 2.24) is 4.98 Å². The van der Waals surface area contributed by atoms with Crippen molar-refractivity contribution in [3.63, 3.8) is 0 Å². The number of aromatic nitrogens is 1. The lowest BCUT2D eigenvalue weighted by molar-refractivity contribution is 0.0696. The van der Waals surface area contributed by atoms with Gasteiger partial charge in [-0.2, -0.15) is 0 Å². The lowest BCUT2D eigenvalue weighted by atomic mass is 10.1. The third kappa shape index (κ3) is 2.98. The molecule has 0 fully saturated rings. The summed E-state index contributed by atoms with van der Waals surface area (Å²) in [6.45, 7) is 6.96. The Labute approximate surface area is 107 Å². The summed E-state index contributed by atoms with van der Waals surface area (Å²) in [7, 11) is 1.63. The number of nitrogens with zero attached hydrogens (tertiary/aromatic N) is 2. The highest BCUT2D eigenvalue weighted by atomic mass is 16.5. The molecular formula is C13H20N2O3. The second kappa shape index (κ2) is 6.35. The average Bonchev–Trinajstić information content (AvgIpc) is 2.29. The third-order valence-corrected chi connectivity index (χ3v) is 2.91. The van der Waals surface area contributed by atoms with Crippen LogP contribution in [0.5, 0.6) is 0 Å². The largest absolute Gasteiger partial charge is 0.478 e. The van der Waals surface area contributed by atoms with Crippen molar-refractivity contribution < 1.29 is 14.6 Å². The molecule has 0 radical (unpaired) electrons. The zero-order chi connectivity index (χ0) is 13.7. The highest BCUT2D eigenvalue weighted by Crippen LogP contribution is 2.22. The number of pyridine rings is 1. The maximum atomic E-state index is 11.3. The number of hydrogen-bond donors (Lipinski definition) is 1. The number of carboxylic acids is 1. The predicted molar refractivity (Wildman–Crippen MR) is 70.3 cm³/mol. The summed E-state index contributed by atoms with van der Waals surface area (Å²) in [6, 6.07) is 1.79. The molecule has 0 aliphatic carbocycles. The molecule has 100 valence electrons. The van der Waals surface area contributed by atoms with Crippen molar-refractivity contribution in [2.45, 2.75) is 26.8 Å². The molecule has 18 heavy (non-hydrogen) atoms. The number of anilines is 1. The molecule has 0 bridgehead atoms. The van der Waals surface area contributed by atoms with Gasteiger partial charge in [-0.1, -0.05) is 0 Å². The number of likely N-dealkylation sites (N-methyl/N-ethyl adjacent to an activating group) is 1. The number of methoxy groups -OCH3 is 1. The van der Waals surface area contributed by atoms with Crippen molar-refractivity contribution in [1.29, 1.82) is 0 Å². The first-order chi connectivity index (χ1) is 8.52. The Morgan fingerprint density at radius 1 is 1.61 bits per heavy atom. The van der Waals surface area contributed by atoms with E-state index in [-0.39, 0.29) is 11.6 Å². The van der Waals surface area contributed by atoms with Gasteiger partial charge in [0.25, 0.3) is 0 Å². The van der Waals surface area contributed by atoms with Crippen LogP contribution in [0.4, 0.5) is 5.82 Å². The van der Waals surface area contributed by atoms with E-state index in [4.69, 9.17) is 4.74 Å².